The van der Waals surface area contributed by atoms with Gasteiger partial charge >= 0.3 is 12.4 Å². The smallest absolute Gasteiger partial charge is 0.346 e. The van der Waals surface area contributed by atoms with Crippen LogP contribution in [0.3, 0.4) is 0 Å². The van der Waals surface area contributed by atoms with Gasteiger partial charge < -0.3 is 5.32 Å². The number of alkyl halides is 8. The largest absolute Gasteiger partial charge is 0.435 e. The Bertz CT molecular complexity index is 3080. The second-order valence-electron chi connectivity index (χ2n) is 16.4. The molecule has 25 heteroatoms. The van der Waals surface area contributed by atoms with E-state index in [1.54, 1.807) is 0 Å². The summed E-state index contributed by atoms with van der Waals surface area (Å²) < 4.78 is 196. The van der Waals surface area contributed by atoms with Gasteiger partial charge in [0.1, 0.15) is 40.9 Å². The number of sulfone groups is 1. The van der Waals surface area contributed by atoms with Crippen molar-refractivity contribution in [3.63, 3.8) is 0 Å². The number of benzene rings is 2. The van der Waals surface area contributed by atoms with Crippen molar-refractivity contribution in [1.82, 2.24) is 29.9 Å². The summed E-state index contributed by atoms with van der Waals surface area (Å²) in [7, 11) is -8.07. The molecule has 3 atom stereocenters. The molecule has 1 amide bonds. The SMILES string of the molecule is CCN(c1nn(CC(F)(F)F)c2c(-c3ccc(C#CC(C)(C)S(C)(=O)=O)nc3C(Cc3cc(F)cc(F)c3)NC(=O)Cn3nc(C(F)(F)F)c4c3C(F)(F)[C@@H]3C[C@H]43)ccc(Cl)c12)S(C)(=O)=O. The fourth-order valence-corrected chi connectivity index (χ4v) is 9.36. The lowest BCUT2D eigenvalue weighted by molar-refractivity contribution is -0.143. The Labute approximate surface area is 375 Å². The summed E-state index contributed by atoms with van der Waals surface area (Å²) in [5.74, 6) is -5.27. The van der Waals surface area contributed by atoms with E-state index in [0.29, 0.717) is 15.1 Å². The summed E-state index contributed by atoms with van der Waals surface area (Å²) in [5, 5.41) is 9.32. The second-order valence-corrected chi connectivity index (χ2v) is 21.3. The summed E-state index contributed by atoms with van der Waals surface area (Å²) in [6.45, 7) is 0.536. The number of hydrogen-bond donors (Lipinski definition) is 1. The number of hydrogen-bond acceptors (Lipinski definition) is 8. The monoisotopic (exact) mass is 995 g/mol. The van der Waals surface area contributed by atoms with Gasteiger partial charge in [-0.1, -0.05) is 23.6 Å². The molecular weight excluding hydrogens is 960 g/mol. The first kappa shape index (κ1) is 48.5. The van der Waals surface area contributed by atoms with Crippen molar-refractivity contribution < 1.29 is 65.5 Å². The standard InChI is InChI=1S/C41H36ClF10N7O5S2/c1-6-59(66(5,63)64)37-32-28(42)10-9-25(34(32)58(56-37)19-39(45,46)47)24-8-7-23(11-12-38(2,3)65(4,61)62)53-33(24)29(15-20-13-21(43)16-22(44)14-20)54-30(60)18-57-36-31(35(55-57)41(50,51)52)26-17-27(26)40(36,48)49/h7-10,13-14,16,26-27,29H,6,15,17-19H2,1-5H3,(H,54,60)/t26-,27+,29?/m0/s1. The zero-order chi connectivity index (χ0) is 48.9. The third kappa shape index (κ3) is 9.29. The van der Waals surface area contributed by atoms with E-state index in [1.807, 2.05) is 0 Å². The third-order valence-corrected chi connectivity index (χ3v) is 14.7. The zero-order valence-electron chi connectivity index (χ0n) is 35.0. The minimum absolute atomic E-state index is 0.185. The van der Waals surface area contributed by atoms with Gasteiger partial charge in [-0.25, -0.2) is 30.6 Å². The van der Waals surface area contributed by atoms with Crippen molar-refractivity contribution in [2.45, 2.75) is 81.7 Å². The summed E-state index contributed by atoms with van der Waals surface area (Å²) in [5.41, 5.74) is -5.08. The first-order valence-electron chi connectivity index (χ1n) is 19.6. The number of carbonyl (C=O) groups excluding carboxylic acids is 1. The number of aromatic nitrogens is 5. The molecule has 5 aromatic rings. The molecular formula is C41H36ClF10N7O5S2. The fraction of sp³-hybridized carbons (Fsp3) is 0.415. The molecule has 1 N–H and O–H groups in total. The first-order chi connectivity index (χ1) is 30.3. The van der Waals surface area contributed by atoms with Crippen LogP contribution >= 0.6 is 11.6 Å². The van der Waals surface area contributed by atoms with E-state index in [2.05, 4.69) is 32.3 Å². The van der Waals surface area contributed by atoms with Crippen LogP contribution in [-0.2, 0) is 56.3 Å². The van der Waals surface area contributed by atoms with Crippen molar-refractivity contribution in [1.29, 1.82) is 0 Å². The highest BCUT2D eigenvalue weighted by Gasteiger charge is 2.68. The maximum absolute atomic E-state index is 15.5. The summed E-state index contributed by atoms with van der Waals surface area (Å²) in [6.07, 6.45) is -9.37. The molecule has 66 heavy (non-hydrogen) atoms. The molecule has 2 aliphatic carbocycles. The minimum atomic E-state index is -5.19. The maximum Gasteiger partial charge on any atom is 0.435 e. The van der Waals surface area contributed by atoms with Crippen LogP contribution < -0.4 is 9.62 Å². The highest BCUT2D eigenvalue weighted by atomic mass is 35.5. The van der Waals surface area contributed by atoms with Crippen LogP contribution in [0, 0.1) is 29.4 Å². The van der Waals surface area contributed by atoms with E-state index in [-0.39, 0.29) is 56.1 Å². The second kappa shape index (κ2) is 16.4. The molecule has 12 nitrogen and oxygen atoms in total. The Morgan fingerprint density at radius 2 is 1.61 bits per heavy atom. The van der Waals surface area contributed by atoms with Gasteiger partial charge in [0.2, 0.25) is 15.9 Å². The highest BCUT2D eigenvalue weighted by Crippen LogP contribution is 2.68. The maximum atomic E-state index is 15.5. The van der Waals surface area contributed by atoms with Gasteiger partial charge in [0.25, 0.3) is 5.92 Å². The van der Waals surface area contributed by atoms with Crippen molar-refractivity contribution >= 4 is 54.1 Å². The Morgan fingerprint density at radius 1 is 0.970 bits per heavy atom. The molecule has 0 spiro atoms. The molecule has 0 aliphatic heterocycles. The van der Waals surface area contributed by atoms with Crippen LogP contribution in [0.1, 0.15) is 73.1 Å². The Hall–Kier alpha value is -5.41. The number of carbonyl (C=O) groups is 1. The van der Waals surface area contributed by atoms with E-state index in [0.717, 1.165) is 24.6 Å². The fourth-order valence-electron chi connectivity index (χ4n) is 7.97. The number of sulfonamides is 1. The first-order valence-corrected chi connectivity index (χ1v) is 23.7. The van der Waals surface area contributed by atoms with E-state index in [4.69, 9.17) is 11.6 Å². The average Bonchev–Trinajstić information content (AvgIpc) is 3.68. The molecule has 2 aromatic carbocycles. The molecule has 7 rings (SSSR count). The van der Waals surface area contributed by atoms with Crippen molar-refractivity contribution in [3.05, 3.63) is 93.0 Å². The number of amides is 1. The van der Waals surface area contributed by atoms with Crippen LogP contribution in [0.5, 0.6) is 0 Å². The van der Waals surface area contributed by atoms with E-state index >= 15 is 8.78 Å². The number of halogens is 11. The van der Waals surface area contributed by atoms with E-state index < -0.39 is 126 Å². The molecule has 0 bridgehead atoms. The number of rotatable bonds is 12. The lowest BCUT2D eigenvalue weighted by atomic mass is 9.93. The zero-order valence-corrected chi connectivity index (χ0v) is 37.4. The molecule has 2 aliphatic rings. The highest BCUT2D eigenvalue weighted by molar-refractivity contribution is 7.92. The Kier molecular flexibility index (Phi) is 12.1. The number of pyridine rings is 1. The molecule has 1 unspecified atom stereocenters. The quantitative estimate of drug-likeness (QED) is 0.0975. The molecule has 3 heterocycles. The molecule has 0 radical (unpaired) electrons. The van der Waals surface area contributed by atoms with Gasteiger partial charge in [0, 0.05) is 41.5 Å². The van der Waals surface area contributed by atoms with Gasteiger partial charge in [-0.15, -0.1) is 0 Å². The van der Waals surface area contributed by atoms with Crippen LogP contribution in [0.2, 0.25) is 5.02 Å². The molecule has 3 aromatic heterocycles. The predicted octanol–water partition coefficient (Wildman–Crippen LogP) is 8.08. The number of nitrogens with zero attached hydrogens (tertiary/aromatic N) is 6. The lowest BCUT2D eigenvalue weighted by Crippen LogP contribution is -2.35. The topological polar surface area (TPSA) is 149 Å². The molecule has 354 valence electrons. The lowest BCUT2D eigenvalue weighted by Gasteiger charge is -2.23. The van der Waals surface area contributed by atoms with Crippen molar-refractivity contribution in [3.8, 4) is 23.0 Å². The molecule has 0 saturated heterocycles. The van der Waals surface area contributed by atoms with Gasteiger partial charge in [-0.2, -0.15) is 45.3 Å². The normalized spacial score (nSPS) is 17.5. The van der Waals surface area contributed by atoms with Crippen LogP contribution in [0.4, 0.5) is 49.7 Å². The van der Waals surface area contributed by atoms with Crippen LogP contribution in [-0.4, -0.2) is 77.3 Å². The van der Waals surface area contributed by atoms with Gasteiger partial charge in [0.15, 0.2) is 21.3 Å². The summed E-state index contributed by atoms with van der Waals surface area (Å²) >= 11 is 6.59. The average molecular weight is 996 g/mol. The Morgan fingerprint density at radius 3 is 2.18 bits per heavy atom. The number of fused-ring (bicyclic) bond motifs is 4. The van der Waals surface area contributed by atoms with Crippen molar-refractivity contribution in [2.24, 2.45) is 5.92 Å². The van der Waals surface area contributed by atoms with Gasteiger partial charge in [-0.05, 0) is 81.3 Å². The number of nitrogens with one attached hydrogen (secondary N) is 1. The minimum Gasteiger partial charge on any atom is -0.346 e. The predicted molar refractivity (Wildman–Crippen MR) is 221 cm³/mol. The van der Waals surface area contributed by atoms with Crippen LogP contribution in [0.15, 0.2) is 42.5 Å². The third-order valence-electron chi connectivity index (χ3n) is 11.2. The summed E-state index contributed by atoms with van der Waals surface area (Å²) in [4.78, 5) is 18.6. The van der Waals surface area contributed by atoms with Gasteiger partial charge in [-0.3, -0.25) is 18.5 Å². The van der Waals surface area contributed by atoms with Gasteiger partial charge in [0.05, 0.1) is 33.9 Å². The summed E-state index contributed by atoms with van der Waals surface area (Å²) in [6, 6.07) is 5.35. The Balaban J connectivity index is 1.47. The van der Waals surface area contributed by atoms with Crippen LogP contribution in [0.25, 0.3) is 22.0 Å². The van der Waals surface area contributed by atoms with E-state index in [1.165, 1.54) is 45.0 Å². The molecule has 1 saturated carbocycles. The van der Waals surface area contributed by atoms with Crippen molar-refractivity contribution in [2.75, 3.05) is 23.4 Å². The number of anilines is 1. The van der Waals surface area contributed by atoms with E-state index in [9.17, 15) is 56.8 Å². The molecule has 1 fully saturated rings.